The first-order valence-electron chi connectivity index (χ1n) is 53.4. The van der Waals surface area contributed by atoms with E-state index < -0.39 is 8.83 Å². The minimum atomic E-state index is -0.437. The number of hydrogen-bond acceptors (Lipinski definition) is 0. The second kappa shape index (κ2) is 107. The average Bonchev–Trinajstić information content (AvgIpc) is 0.937. The molecule has 0 heterocycles. The van der Waals surface area contributed by atoms with Gasteiger partial charge in [-0.05, 0) is 109 Å². The summed E-state index contributed by atoms with van der Waals surface area (Å²) in [5, 5.41) is 1.31. The molecule has 1 aromatic rings. The number of unbranched alkanes of at least 4 members (excludes halogenated alkanes) is 28. The topological polar surface area (TPSA) is 0 Å². The van der Waals surface area contributed by atoms with Crippen LogP contribution < -0.4 is 5.19 Å². The minimum absolute atomic E-state index is 0. The summed E-state index contributed by atoms with van der Waals surface area (Å²) < 4.78 is 3.10. The van der Waals surface area contributed by atoms with Crippen LogP contribution in [0.1, 0.15) is 616 Å². The Morgan fingerprint density at radius 3 is 0.694 bits per heavy atom. The standard InChI is InChI=1S/2C14H29.C12H26.2C11H23I.C11H24.2C10H21I.C6H7ClSi.C6H14.2C5H11I.Zn/c2*1-4-7-9-11-13-14(6-3)12-10-8-5-2;1-6-7-8-9-10-11(2)12(3,4)5;2*1-5-6-7-8-9-10(2)11(3,4)12;1-5-7-8-9-10-11(3,4)6-2;2*1-4-6-7-8-9-10(3,11)5-2;7-8-6-4-2-1-3-5-6;1-5-6(2,3)4;2*1-4-5(2,3)6;/h2*14H,2,4-13H2,1,3H3;11H,6-10H2,1-5H3;2*10H,5-9H2,1-4H3;5-10H2,1-4H3;2*4-9H2,1-3H3;1-5H,8H2;5H2,1-4H3;2*4H2,1-3H3;/q2*-1;;;;;;;;;;;+2. The average molecular weight is 2510 g/mol. The molecule has 1 rings (SSSR count). The predicted octanol–water partition coefficient (Wildman–Crippen LogP) is 46.8. The van der Waals surface area contributed by atoms with Crippen LogP contribution in [0.15, 0.2) is 30.3 Å². The van der Waals surface area contributed by atoms with Gasteiger partial charge in [0, 0.05) is 20.5 Å². The molecule has 124 heavy (non-hydrogen) atoms. The van der Waals surface area contributed by atoms with E-state index in [9.17, 15) is 0 Å². The Kier molecular flexibility index (Phi) is 132. The molecule has 7 atom stereocenters. The van der Waals surface area contributed by atoms with Gasteiger partial charge in [-0.1, -0.05) is 711 Å². The number of benzene rings is 1. The van der Waals surface area contributed by atoms with Crippen LogP contribution in [0, 0.1) is 59.7 Å². The number of alkyl halides is 6. The molecule has 0 spiro atoms. The summed E-state index contributed by atoms with van der Waals surface area (Å²) in [6.45, 7) is 92.7. The van der Waals surface area contributed by atoms with Crippen molar-refractivity contribution >= 4 is 161 Å². The van der Waals surface area contributed by atoms with Gasteiger partial charge in [0.25, 0.3) is 0 Å². The van der Waals surface area contributed by atoms with Crippen molar-refractivity contribution in [3.8, 4) is 0 Å². The molecule has 1 aromatic carbocycles. The first-order valence-corrected chi connectivity index (χ1v) is 62.8. The fraction of sp³-hybridized carbons (Fsp3) is 0.930. The number of rotatable bonds is 58. The molecule has 0 aliphatic rings. The molecule has 0 aromatic heterocycles. The molecule has 0 nitrogen and oxygen atoms in total. The molecule has 0 saturated carbocycles. The van der Waals surface area contributed by atoms with Crippen molar-refractivity contribution in [1.29, 1.82) is 0 Å². The Morgan fingerprint density at radius 2 is 0.516 bits per heavy atom. The molecular weight excluding hydrogens is 2270 g/mol. The first kappa shape index (κ1) is 154. The van der Waals surface area contributed by atoms with Gasteiger partial charge in [-0.15, -0.1) is 0 Å². The van der Waals surface area contributed by atoms with Crippen LogP contribution in [0.4, 0.5) is 0 Å². The van der Waals surface area contributed by atoms with E-state index in [1.54, 1.807) is 0 Å². The SMILES string of the molecule is CCC(C)(C)C.CCC(C)(C)I.CCC(C)(C)I.CCCCCCC(C)(C)CC.CCCCCCC(C)(I)CC.CCCCCCC(C)(I)CC.CCCCCCC(C)C(C)(C)C.CCCCCCC(C)C(C)(C)I.CCCCCCC(C)C(C)(C)I.Cl[SiH2]c1ccccc1.[CH2-]CCCCC(CC)CCCCCC.[CH2-]CCCCC(CC)CCCCCC.[Zn+2]. The number of halogens is 7. The quantitative estimate of drug-likeness (QED) is 0.0152. The van der Waals surface area contributed by atoms with Gasteiger partial charge in [0.05, 0.1) is 0 Å². The Labute approximate surface area is 895 Å². The van der Waals surface area contributed by atoms with Crippen molar-refractivity contribution in [2.45, 2.75) is 636 Å². The smallest absolute Gasteiger partial charge is 0.343 e. The van der Waals surface area contributed by atoms with Crippen LogP contribution in [0.25, 0.3) is 0 Å². The molecule has 0 aliphatic carbocycles. The molecule has 0 fully saturated rings. The molecular formula is C115H239ClI6SiZn. The van der Waals surface area contributed by atoms with Gasteiger partial charge in [-0.25, -0.2) is 0 Å². The summed E-state index contributed by atoms with van der Waals surface area (Å²) in [4.78, 5) is 0. The second-order valence-corrected chi connectivity index (χ2v) is 61.3. The third-order valence-electron chi connectivity index (χ3n) is 25.6. The molecule has 754 valence electrons. The van der Waals surface area contributed by atoms with Crippen molar-refractivity contribution in [1.82, 2.24) is 0 Å². The molecule has 0 aliphatic heterocycles. The van der Waals surface area contributed by atoms with Crippen LogP contribution in [-0.2, 0) is 19.5 Å². The van der Waals surface area contributed by atoms with E-state index >= 15 is 0 Å². The van der Waals surface area contributed by atoms with E-state index in [-0.39, 0.29) is 19.5 Å². The van der Waals surface area contributed by atoms with Gasteiger partial charge in [0.2, 0.25) is 0 Å². The fourth-order valence-electron chi connectivity index (χ4n) is 11.8. The van der Waals surface area contributed by atoms with E-state index in [4.69, 9.17) is 11.1 Å². The van der Waals surface area contributed by atoms with Crippen LogP contribution in [-0.4, -0.2) is 29.4 Å². The maximum absolute atomic E-state index is 5.67. The Morgan fingerprint density at radius 1 is 0.290 bits per heavy atom. The van der Waals surface area contributed by atoms with E-state index in [1.807, 2.05) is 18.2 Å². The molecule has 0 bridgehead atoms. The molecule has 9 heteroatoms. The summed E-state index contributed by atoms with van der Waals surface area (Å²) in [5.41, 5.74) is 1.64. The minimum Gasteiger partial charge on any atom is -0.343 e. The van der Waals surface area contributed by atoms with Crippen LogP contribution in [0.3, 0.4) is 0 Å². The fourth-order valence-corrected chi connectivity index (χ4v) is 14.1. The van der Waals surface area contributed by atoms with Crippen molar-refractivity contribution in [2.75, 3.05) is 0 Å². The Hall–Kier alpha value is 4.73. The Bertz CT molecular complexity index is 1860. The van der Waals surface area contributed by atoms with E-state index in [0.717, 1.165) is 42.4 Å². The summed E-state index contributed by atoms with van der Waals surface area (Å²) in [7, 11) is -0.437. The monoisotopic (exact) mass is 2510 g/mol. The molecule has 7 unspecified atom stereocenters. The van der Waals surface area contributed by atoms with E-state index in [0.29, 0.717) is 36.8 Å². The molecule has 0 N–H and O–H groups in total. The summed E-state index contributed by atoms with van der Waals surface area (Å²) >= 11 is 20.9. The summed E-state index contributed by atoms with van der Waals surface area (Å²) in [6, 6.07) is 10.2. The molecule has 0 radical (unpaired) electrons. The van der Waals surface area contributed by atoms with Gasteiger partial charge < -0.3 is 13.8 Å². The summed E-state index contributed by atoms with van der Waals surface area (Å²) in [6.07, 6.45) is 77.4. The van der Waals surface area contributed by atoms with Crippen molar-refractivity contribution in [2.24, 2.45) is 45.8 Å². The van der Waals surface area contributed by atoms with Crippen LogP contribution in [0.2, 0.25) is 0 Å². The van der Waals surface area contributed by atoms with Gasteiger partial charge in [-0.2, -0.15) is 23.9 Å². The third-order valence-corrected chi connectivity index (χ3v) is 33.5. The third kappa shape index (κ3) is 150. The second-order valence-electron chi connectivity index (χ2n) is 42.9. The maximum atomic E-state index is 5.67. The predicted molar refractivity (Wildman–Crippen MR) is 645 cm³/mol. The van der Waals surface area contributed by atoms with Gasteiger partial charge in [-0.3, -0.25) is 0 Å². The largest absolute Gasteiger partial charge is 2.00 e. The summed E-state index contributed by atoms with van der Waals surface area (Å²) in [5.74, 6) is 4.58. The Balaban J connectivity index is -0.000000111. The van der Waals surface area contributed by atoms with Crippen molar-refractivity contribution < 1.29 is 19.5 Å². The van der Waals surface area contributed by atoms with Crippen LogP contribution in [0.5, 0.6) is 0 Å². The zero-order valence-corrected chi connectivity index (χ0v) is 111. The van der Waals surface area contributed by atoms with Crippen LogP contribution >= 0.6 is 147 Å². The zero-order chi connectivity index (χ0) is 97.8. The zero-order valence-electron chi connectivity index (χ0n) is 92.8. The normalized spacial score (nSPS) is 13.6. The molecule has 0 amide bonds. The van der Waals surface area contributed by atoms with Crippen molar-refractivity contribution in [3.05, 3.63) is 44.2 Å². The van der Waals surface area contributed by atoms with E-state index in [2.05, 4.69) is 418 Å². The molecule has 0 saturated heterocycles. The maximum Gasteiger partial charge on any atom is 2.00 e. The van der Waals surface area contributed by atoms with Gasteiger partial charge in [0.1, 0.15) is 0 Å². The van der Waals surface area contributed by atoms with Gasteiger partial charge in [0.15, 0.2) is 8.83 Å². The number of hydrogen-bond donors (Lipinski definition) is 0. The van der Waals surface area contributed by atoms with Gasteiger partial charge >= 0.3 is 19.5 Å². The van der Waals surface area contributed by atoms with Crippen molar-refractivity contribution in [3.63, 3.8) is 0 Å². The first-order chi connectivity index (χ1) is 57.1. The van der Waals surface area contributed by atoms with E-state index in [1.165, 1.54) is 352 Å².